The highest BCUT2D eigenvalue weighted by molar-refractivity contribution is 5.21. The Kier molecular flexibility index (Phi) is 3.78. The molecule has 0 amide bonds. The summed E-state index contributed by atoms with van der Waals surface area (Å²) in [5.74, 6) is 0.199. The first-order valence-corrected chi connectivity index (χ1v) is 7.50. The number of hydrogen-bond acceptors (Lipinski definition) is 2. The lowest BCUT2D eigenvalue weighted by molar-refractivity contribution is 0.244. The van der Waals surface area contributed by atoms with Gasteiger partial charge >= 0.3 is 0 Å². The zero-order chi connectivity index (χ0) is 14.3. The molecule has 0 aromatic heterocycles. The van der Waals surface area contributed by atoms with E-state index in [1.807, 2.05) is 6.92 Å². The van der Waals surface area contributed by atoms with Gasteiger partial charge in [0.05, 0.1) is 0 Å². The maximum Gasteiger partial charge on any atom is 0.126 e. The molecular formula is C16H22F2N2. The number of fused-ring (bicyclic) bond motifs is 1. The molecule has 20 heavy (non-hydrogen) atoms. The molecular weight excluding hydrogens is 258 g/mol. The van der Waals surface area contributed by atoms with Crippen LogP contribution in [-0.4, -0.2) is 24.0 Å². The molecule has 4 atom stereocenters. The van der Waals surface area contributed by atoms with Crippen LogP contribution in [0, 0.1) is 23.5 Å². The van der Waals surface area contributed by atoms with Crippen molar-refractivity contribution in [1.29, 1.82) is 0 Å². The Bertz CT molecular complexity index is 471. The Hall–Kier alpha value is -1.00. The van der Waals surface area contributed by atoms with Gasteiger partial charge in [0.2, 0.25) is 0 Å². The molecule has 2 fully saturated rings. The average molecular weight is 280 g/mol. The van der Waals surface area contributed by atoms with Gasteiger partial charge in [-0.15, -0.1) is 0 Å². The molecule has 0 radical (unpaired) electrons. The van der Waals surface area contributed by atoms with Gasteiger partial charge in [0.1, 0.15) is 11.6 Å². The summed E-state index contributed by atoms with van der Waals surface area (Å²) in [6.45, 7) is 3.97. The number of rotatable bonds is 2. The Labute approximate surface area is 118 Å². The maximum absolute atomic E-state index is 13.4. The molecule has 3 rings (SSSR count). The molecule has 2 aliphatic rings. The van der Waals surface area contributed by atoms with E-state index in [1.165, 1.54) is 25.0 Å². The van der Waals surface area contributed by atoms with E-state index in [1.54, 1.807) is 0 Å². The molecule has 0 spiro atoms. The zero-order valence-electron chi connectivity index (χ0n) is 11.9. The van der Waals surface area contributed by atoms with E-state index < -0.39 is 11.6 Å². The second kappa shape index (κ2) is 5.41. The number of nitrogens with zero attached hydrogens (tertiary/aromatic N) is 1. The first-order chi connectivity index (χ1) is 9.54. The summed E-state index contributed by atoms with van der Waals surface area (Å²) in [5, 5.41) is 0. The molecule has 110 valence electrons. The third-order valence-electron chi connectivity index (χ3n) is 5.10. The van der Waals surface area contributed by atoms with Crippen LogP contribution < -0.4 is 5.73 Å². The topological polar surface area (TPSA) is 29.3 Å². The van der Waals surface area contributed by atoms with E-state index in [9.17, 15) is 8.78 Å². The molecule has 1 aromatic rings. The lowest BCUT2D eigenvalue weighted by Crippen LogP contribution is -2.38. The van der Waals surface area contributed by atoms with Crippen LogP contribution in [0.15, 0.2) is 18.2 Å². The fourth-order valence-corrected chi connectivity index (χ4v) is 3.89. The minimum absolute atomic E-state index is 0.0398. The van der Waals surface area contributed by atoms with Crippen molar-refractivity contribution < 1.29 is 8.78 Å². The van der Waals surface area contributed by atoms with Crippen LogP contribution in [0.25, 0.3) is 0 Å². The normalized spacial score (nSPS) is 32.1. The molecule has 1 saturated carbocycles. The predicted molar refractivity (Wildman–Crippen MR) is 75.2 cm³/mol. The average Bonchev–Trinajstić information content (AvgIpc) is 2.82. The van der Waals surface area contributed by atoms with Crippen molar-refractivity contribution in [1.82, 2.24) is 4.90 Å². The van der Waals surface area contributed by atoms with Gasteiger partial charge in [-0.05, 0) is 49.3 Å². The fourth-order valence-electron chi connectivity index (χ4n) is 3.89. The van der Waals surface area contributed by atoms with Gasteiger partial charge in [0, 0.05) is 31.2 Å². The second-order valence-corrected chi connectivity index (χ2v) is 6.35. The Balaban J connectivity index is 1.76. The lowest BCUT2D eigenvalue weighted by atomic mass is 9.78. The van der Waals surface area contributed by atoms with E-state index in [2.05, 4.69) is 4.90 Å². The fraction of sp³-hybridized carbons (Fsp3) is 0.625. The lowest BCUT2D eigenvalue weighted by Gasteiger charge is -2.30. The SMILES string of the molecule is CC(c1cc(F)cc(F)c1)N1CC2CCCC(N)C2C1. The van der Waals surface area contributed by atoms with Crippen LogP contribution in [0.2, 0.25) is 0 Å². The molecule has 4 unspecified atom stereocenters. The van der Waals surface area contributed by atoms with Crippen LogP contribution in [-0.2, 0) is 0 Å². The number of likely N-dealkylation sites (tertiary alicyclic amines) is 1. The van der Waals surface area contributed by atoms with Gasteiger partial charge in [-0.1, -0.05) is 6.42 Å². The molecule has 1 aromatic carbocycles. The summed E-state index contributed by atoms with van der Waals surface area (Å²) in [4.78, 5) is 2.33. The van der Waals surface area contributed by atoms with Crippen LogP contribution in [0.5, 0.6) is 0 Å². The van der Waals surface area contributed by atoms with Crippen LogP contribution in [0.1, 0.15) is 37.8 Å². The van der Waals surface area contributed by atoms with E-state index in [4.69, 9.17) is 5.73 Å². The van der Waals surface area contributed by atoms with Gasteiger partial charge in [0.25, 0.3) is 0 Å². The molecule has 0 bridgehead atoms. The van der Waals surface area contributed by atoms with Crippen molar-refractivity contribution >= 4 is 0 Å². The van der Waals surface area contributed by atoms with Crippen molar-refractivity contribution in [3.63, 3.8) is 0 Å². The summed E-state index contributed by atoms with van der Waals surface area (Å²) in [6.07, 6.45) is 3.55. The van der Waals surface area contributed by atoms with Gasteiger partial charge < -0.3 is 5.73 Å². The molecule has 2 nitrogen and oxygen atoms in total. The van der Waals surface area contributed by atoms with Crippen molar-refractivity contribution in [2.24, 2.45) is 17.6 Å². The minimum atomic E-state index is -0.500. The molecule has 1 aliphatic carbocycles. The van der Waals surface area contributed by atoms with Gasteiger partial charge in [0.15, 0.2) is 0 Å². The Morgan fingerprint density at radius 1 is 1.15 bits per heavy atom. The predicted octanol–water partition coefficient (Wildman–Crippen LogP) is 3.09. The van der Waals surface area contributed by atoms with Crippen LogP contribution in [0.4, 0.5) is 8.78 Å². The third kappa shape index (κ3) is 2.59. The van der Waals surface area contributed by atoms with E-state index in [0.29, 0.717) is 11.8 Å². The summed E-state index contributed by atoms with van der Waals surface area (Å²) in [6, 6.07) is 4.13. The number of halogens is 2. The maximum atomic E-state index is 13.4. The Morgan fingerprint density at radius 2 is 1.85 bits per heavy atom. The number of benzene rings is 1. The van der Waals surface area contributed by atoms with Gasteiger partial charge in [-0.25, -0.2) is 8.78 Å². The van der Waals surface area contributed by atoms with Crippen molar-refractivity contribution in [3.8, 4) is 0 Å². The van der Waals surface area contributed by atoms with Crippen LogP contribution >= 0.6 is 0 Å². The third-order valence-corrected chi connectivity index (χ3v) is 5.10. The number of nitrogens with two attached hydrogens (primary N) is 1. The largest absolute Gasteiger partial charge is 0.327 e. The van der Waals surface area contributed by atoms with Gasteiger partial charge in [-0.3, -0.25) is 4.90 Å². The molecule has 2 N–H and O–H groups in total. The summed E-state index contributed by atoms with van der Waals surface area (Å²) < 4.78 is 26.7. The highest BCUT2D eigenvalue weighted by Crippen LogP contribution is 2.39. The molecule has 1 heterocycles. The monoisotopic (exact) mass is 280 g/mol. The standard InChI is InChI=1S/C16H22F2N2/c1-10(12-5-13(17)7-14(18)6-12)20-8-11-3-2-4-16(19)15(11)9-20/h5-7,10-11,15-16H,2-4,8-9,19H2,1H3. The Morgan fingerprint density at radius 3 is 2.50 bits per heavy atom. The highest BCUT2D eigenvalue weighted by Gasteiger charge is 2.40. The first-order valence-electron chi connectivity index (χ1n) is 7.50. The smallest absolute Gasteiger partial charge is 0.126 e. The van der Waals surface area contributed by atoms with E-state index >= 15 is 0 Å². The first kappa shape index (κ1) is 14.0. The number of hydrogen-bond donors (Lipinski definition) is 1. The molecule has 4 heteroatoms. The van der Waals surface area contributed by atoms with Crippen molar-refractivity contribution in [2.45, 2.75) is 38.3 Å². The molecule has 1 saturated heterocycles. The summed E-state index contributed by atoms with van der Waals surface area (Å²) in [7, 11) is 0. The van der Waals surface area contributed by atoms with Crippen molar-refractivity contribution in [2.75, 3.05) is 13.1 Å². The second-order valence-electron chi connectivity index (χ2n) is 6.35. The zero-order valence-corrected chi connectivity index (χ0v) is 11.9. The van der Waals surface area contributed by atoms with Crippen molar-refractivity contribution in [3.05, 3.63) is 35.4 Å². The highest BCUT2D eigenvalue weighted by atomic mass is 19.1. The van der Waals surface area contributed by atoms with Gasteiger partial charge in [-0.2, -0.15) is 0 Å². The van der Waals surface area contributed by atoms with E-state index in [-0.39, 0.29) is 12.1 Å². The summed E-state index contributed by atoms with van der Waals surface area (Å²) >= 11 is 0. The minimum Gasteiger partial charge on any atom is -0.327 e. The quantitative estimate of drug-likeness (QED) is 0.902. The summed E-state index contributed by atoms with van der Waals surface area (Å²) in [5.41, 5.74) is 6.94. The molecule has 1 aliphatic heterocycles. The van der Waals surface area contributed by atoms with Crippen LogP contribution in [0.3, 0.4) is 0 Å². The van der Waals surface area contributed by atoms with E-state index in [0.717, 1.165) is 31.1 Å².